The molecule has 126 valence electrons. The molecule has 0 radical (unpaired) electrons. The van der Waals surface area contributed by atoms with Crippen molar-refractivity contribution < 1.29 is 14.6 Å². The van der Waals surface area contributed by atoms with Crippen LogP contribution in [0.15, 0.2) is 40.9 Å². The number of para-hydroxylation sites is 1. The number of aromatic hydroxyl groups is 1. The minimum atomic E-state index is -0.459. The molecule has 5 nitrogen and oxygen atoms in total. The van der Waals surface area contributed by atoms with Gasteiger partial charge in [0, 0.05) is 22.3 Å². The van der Waals surface area contributed by atoms with Crippen molar-refractivity contribution in [2.24, 2.45) is 0 Å². The number of halogens is 1. The molecule has 0 saturated heterocycles. The Morgan fingerprint density at radius 3 is 2.79 bits per heavy atom. The quantitative estimate of drug-likeness (QED) is 0.823. The molecular weight excluding hydrogens is 372 g/mol. The van der Waals surface area contributed by atoms with Crippen LogP contribution in [0.25, 0.3) is 0 Å². The number of ether oxygens (including phenoxy) is 1. The van der Waals surface area contributed by atoms with E-state index in [1.165, 1.54) is 7.11 Å². The lowest BCUT2D eigenvalue weighted by Gasteiger charge is -2.38. The number of nitrogens with one attached hydrogen (secondary N) is 1. The minimum Gasteiger partial charge on any atom is -0.504 e. The molecule has 1 aliphatic heterocycles. The summed E-state index contributed by atoms with van der Waals surface area (Å²) in [5.41, 5.74) is 2.00. The Kier molecular flexibility index (Phi) is 4.66. The summed E-state index contributed by atoms with van der Waals surface area (Å²) in [6, 6.07) is 10.9. The first-order valence-electron chi connectivity index (χ1n) is 7.79. The van der Waals surface area contributed by atoms with E-state index in [0.717, 1.165) is 16.6 Å². The lowest BCUT2D eigenvalue weighted by Crippen LogP contribution is -2.43. The van der Waals surface area contributed by atoms with Gasteiger partial charge in [-0.3, -0.25) is 4.79 Å². The van der Waals surface area contributed by atoms with E-state index in [-0.39, 0.29) is 11.7 Å². The highest BCUT2D eigenvalue weighted by molar-refractivity contribution is 9.10. The molecule has 0 bridgehead atoms. The minimum absolute atomic E-state index is 0.0338. The Morgan fingerprint density at radius 2 is 2.08 bits per heavy atom. The monoisotopic (exact) mass is 390 g/mol. The SMILES string of the molecule is CCCN1C(=O)c2ccccc2N[C@@H]1c1cc(Br)cc(OC)c1O. The Labute approximate surface area is 149 Å². The van der Waals surface area contributed by atoms with Crippen molar-refractivity contribution in [2.45, 2.75) is 19.5 Å². The van der Waals surface area contributed by atoms with E-state index in [9.17, 15) is 9.90 Å². The second-order valence-electron chi connectivity index (χ2n) is 5.64. The predicted molar refractivity (Wildman–Crippen MR) is 96.5 cm³/mol. The molecule has 1 atom stereocenters. The van der Waals surface area contributed by atoms with Crippen molar-refractivity contribution in [2.75, 3.05) is 19.0 Å². The maximum atomic E-state index is 12.9. The summed E-state index contributed by atoms with van der Waals surface area (Å²) in [4.78, 5) is 14.6. The van der Waals surface area contributed by atoms with E-state index in [1.54, 1.807) is 17.0 Å². The highest BCUT2D eigenvalue weighted by Crippen LogP contribution is 2.42. The van der Waals surface area contributed by atoms with Crippen LogP contribution in [-0.4, -0.2) is 29.6 Å². The van der Waals surface area contributed by atoms with Crippen molar-refractivity contribution in [1.82, 2.24) is 4.90 Å². The van der Waals surface area contributed by atoms with Crippen LogP contribution in [0.2, 0.25) is 0 Å². The van der Waals surface area contributed by atoms with Crippen LogP contribution < -0.4 is 10.1 Å². The highest BCUT2D eigenvalue weighted by atomic mass is 79.9. The molecule has 1 aliphatic rings. The van der Waals surface area contributed by atoms with Gasteiger partial charge in [0.05, 0.1) is 12.7 Å². The molecule has 0 saturated carbocycles. The van der Waals surface area contributed by atoms with E-state index < -0.39 is 6.17 Å². The smallest absolute Gasteiger partial charge is 0.257 e. The molecule has 1 heterocycles. The van der Waals surface area contributed by atoms with Gasteiger partial charge >= 0.3 is 0 Å². The Morgan fingerprint density at radius 1 is 1.33 bits per heavy atom. The van der Waals surface area contributed by atoms with E-state index >= 15 is 0 Å². The molecule has 2 aromatic rings. The summed E-state index contributed by atoms with van der Waals surface area (Å²) in [5, 5.41) is 13.9. The molecule has 2 N–H and O–H groups in total. The number of phenolic OH excluding ortho intramolecular Hbond substituents is 1. The number of phenols is 1. The van der Waals surface area contributed by atoms with Crippen molar-refractivity contribution in [3.05, 3.63) is 52.0 Å². The van der Waals surface area contributed by atoms with E-state index in [0.29, 0.717) is 23.4 Å². The summed E-state index contributed by atoms with van der Waals surface area (Å²) < 4.78 is 6.01. The molecule has 6 heteroatoms. The van der Waals surface area contributed by atoms with Gasteiger partial charge in [0.25, 0.3) is 5.91 Å². The number of rotatable bonds is 4. The molecule has 0 aromatic heterocycles. The number of hydrogen-bond acceptors (Lipinski definition) is 4. The number of fused-ring (bicyclic) bond motifs is 1. The summed E-state index contributed by atoms with van der Waals surface area (Å²) in [7, 11) is 1.50. The fraction of sp³-hybridized carbons (Fsp3) is 0.278. The number of amides is 1. The van der Waals surface area contributed by atoms with Gasteiger partial charge in [0.2, 0.25) is 0 Å². The molecule has 1 amide bonds. The first-order chi connectivity index (χ1) is 11.6. The Hall–Kier alpha value is -2.21. The zero-order chi connectivity index (χ0) is 17.3. The first kappa shape index (κ1) is 16.6. The van der Waals surface area contributed by atoms with Gasteiger partial charge < -0.3 is 20.1 Å². The molecule has 2 aromatic carbocycles. The second kappa shape index (κ2) is 6.73. The third kappa shape index (κ3) is 2.82. The van der Waals surface area contributed by atoms with Gasteiger partial charge in [-0.25, -0.2) is 0 Å². The van der Waals surface area contributed by atoms with Gasteiger partial charge in [0.15, 0.2) is 11.5 Å². The van der Waals surface area contributed by atoms with Crippen molar-refractivity contribution in [3.8, 4) is 11.5 Å². The molecule has 0 unspecified atom stereocenters. The summed E-state index contributed by atoms with van der Waals surface area (Å²) in [6.07, 6.45) is 0.358. The van der Waals surface area contributed by atoms with Crippen LogP contribution >= 0.6 is 15.9 Å². The highest BCUT2D eigenvalue weighted by Gasteiger charge is 2.34. The summed E-state index contributed by atoms with van der Waals surface area (Å²) in [6.45, 7) is 2.60. The number of carbonyl (C=O) groups excluding carboxylic acids is 1. The topological polar surface area (TPSA) is 61.8 Å². The molecule has 0 aliphatic carbocycles. The zero-order valence-electron chi connectivity index (χ0n) is 13.5. The summed E-state index contributed by atoms with van der Waals surface area (Å²) in [5.74, 6) is 0.352. The van der Waals surface area contributed by atoms with Crippen LogP contribution in [0.5, 0.6) is 11.5 Å². The lowest BCUT2D eigenvalue weighted by atomic mass is 10.0. The van der Waals surface area contributed by atoms with E-state index in [2.05, 4.69) is 21.2 Å². The predicted octanol–water partition coefficient (Wildman–Crippen LogP) is 4.14. The number of anilines is 1. The number of carbonyl (C=O) groups is 1. The van der Waals surface area contributed by atoms with Crippen LogP contribution in [0, 0.1) is 0 Å². The Bertz CT molecular complexity index is 779. The third-order valence-electron chi connectivity index (χ3n) is 4.07. The van der Waals surface area contributed by atoms with E-state index in [1.807, 2.05) is 31.2 Å². The maximum absolute atomic E-state index is 12.9. The summed E-state index contributed by atoms with van der Waals surface area (Å²) >= 11 is 3.44. The van der Waals surface area contributed by atoms with Crippen LogP contribution in [-0.2, 0) is 0 Å². The standard InChI is InChI=1S/C18H19BrN2O3/c1-3-8-21-17(13-9-11(19)10-15(24-2)16(13)22)20-14-7-5-4-6-12(14)18(21)23/h4-7,9-10,17,20,22H,3,8H2,1-2H3/t17-/m0/s1. The number of hydrogen-bond donors (Lipinski definition) is 2. The van der Waals surface area contributed by atoms with Gasteiger partial charge in [-0.1, -0.05) is 35.0 Å². The zero-order valence-corrected chi connectivity index (χ0v) is 15.1. The normalized spacial score (nSPS) is 16.5. The fourth-order valence-corrected chi connectivity index (χ4v) is 3.42. The van der Waals surface area contributed by atoms with Gasteiger partial charge in [-0.15, -0.1) is 0 Å². The average molecular weight is 391 g/mol. The number of nitrogens with zero attached hydrogens (tertiary/aromatic N) is 1. The average Bonchev–Trinajstić information content (AvgIpc) is 2.59. The second-order valence-corrected chi connectivity index (χ2v) is 6.55. The first-order valence-corrected chi connectivity index (χ1v) is 8.59. The van der Waals surface area contributed by atoms with Crippen molar-refractivity contribution in [3.63, 3.8) is 0 Å². The van der Waals surface area contributed by atoms with Crippen LogP contribution in [0.3, 0.4) is 0 Å². The van der Waals surface area contributed by atoms with Gasteiger partial charge in [-0.2, -0.15) is 0 Å². The maximum Gasteiger partial charge on any atom is 0.257 e. The Balaban J connectivity index is 2.12. The number of benzene rings is 2. The van der Waals surface area contributed by atoms with E-state index in [4.69, 9.17) is 4.74 Å². The van der Waals surface area contributed by atoms with Crippen LogP contribution in [0.4, 0.5) is 5.69 Å². The number of methoxy groups -OCH3 is 1. The largest absolute Gasteiger partial charge is 0.504 e. The molecule has 24 heavy (non-hydrogen) atoms. The van der Waals surface area contributed by atoms with Crippen LogP contribution in [0.1, 0.15) is 35.4 Å². The van der Waals surface area contributed by atoms with Gasteiger partial charge in [-0.05, 0) is 30.7 Å². The molecule has 3 rings (SSSR count). The third-order valence-corrected chi connectivity index (χ3v) is 4.53. The fourth-order valence-electron chi connectivity index (χ4n) is 2.97. The molecule has 0 spiro atoms. The lowest BCUT2D eigenvalue weighted by molar-refractivity contribution is 0.0681. The van der Waals surface area contributed by atoms with Crippen molar-refractivity contribution in [1.29, 1.82) is 0 Å². The molecule has 0 fully saturated rings. The van der Waals surface area contributed by atoms with Crippen molar-refractivity contribution >= 4 is 27.5 Å². The van der Waals surface area contributed by atoms with Gasteiger partial charge in [0.1, 0.15) is 6.17 Å². The molecular formula is C18H19BrN2O3.